The molecule has 1 aliphatic heterocycles. The maximum absolute atomic E-state index is 11.6. The molecule has 0 amide bonds. The van der Waals surface area contributed by atoms with E-state index in [4.69, 9.17) is 0 Å². The van der Waals surface area contributed by atoms with Crippen LogP contribution in [0.3, 0.4) is 0 Å². The normalized spacial score (nSPS) is 16.4. The summed E-state index contributed by atoms with van der Waals surface area (Å²) in [7, 11) is 1.17. The van der Waals surface area contributed by atoms with Crippen molar-refractivity contribution < 1.29 is 14.3 Å². The number of carbonyl (C=O) groups excluding carboxylic acids is 2. The molecule has 0 aliphatic carbocycles. The molecule has 1 fully saturated rings. The Morgan fingerprint density at radius 3 is 2.63 bits per heavy atom. The summed E-state index contributed by atoms with van der Waals surface area (Å²) >= 11 is 0. The van der Waals surface area contributed by atoms with Gasteiger partial charge in [0, 0.05) is 26.2 Å². The molecular weight excluding hydrogens is 248 g/mol. The zero-order valence-corrected chi connectivity index (χ0v) is 11.2. The summed E-state index contributed by atoms with van der Waals surface area (Å²) in [5.41, 5.74) is 0. The lowest BCUT2D eigenvalue weighted by Crippen LogP contribution is -2.46. The van der Waals surface area contributed by atoms with E-state index in [0.717, 1.165) is 38.5 Å². The average molecular weight is 266 g/mol. The molecular formula is C12H18N4O3. The zero-order chi connectivity index (χ0) is 13.8. The van der Waals surface area contributed by atoms with Crippen LogP contribution in [0.2, 0.25) is 0 Å². The molecule has 1 aromatic rings. The van der Waals surface area contributed by atoms with E-state index in [1.807, 2.05) is 0 Å². The molecule has 104 valence electrons. The smallest absolute Gasteiger partial charge is 0.382 e. The van der Waals surface area contributed by atoms with E-state index >= 15 is 0 Å². The monoisotopic (exact) mass is 266 g/mol. The van der Waals surface area contributed by atoms with Gasteiger partial charge in [0.25, 0.3) is 0 Å². The number of aromatic nitrogens is 2. The number of hydrogen-bond acceptors (Lipinski definition) is 6. The molecule has 19 heavy (non-hydrogen) atoms. The van der Waals surface area contributed by atoms with Gasteiger partial charge in [-0.3, -0.25) is 4.79 Å². The first-order chi connectivity index (χ1) is 9.15. The van der Waals surface area contributed by atoms with Crippen molar-refractivity contribution in [2.45, 2.75) is 6.92 Å². The Balaban J connectivity index is 2.02. The highest BCUT2D eigenvalue weighted by atomic mass is 16.5. The van der Waals surface area contributed by atoms with Crippen molar-refractivity contribution in [3.8, 4) is 0 Å². The minimum atomic E-state index is -0.906. The standard InChI is InChI=1S/C12H18N4O3/c1-3-15-4-6-16(7-5-15)9-8-13-11(14-9)10(17)12(18)19-2/h8H,3-7H2,1-2H3,(H,13,14). The number of nitrogens with zero attached hydrogens (tertiary/aromatic N) is 3. The first-order valence-electron chi connectivity index (χ1n) is 6.30. The van der Waals surface area contributed by atoms with Crippen LogP contribution in [-0.4, -0.2) is 66.5 Å². The van der Waals surface area contributed by atoms with Gasteiger partial charge in [0.1, 0.15) is 5.82 Å². The number of anilines is 1. The highest BCUT2D eigenvalue weighted by Gasteiger charge is 2.22. The third kappa shape index (κ3) is 2.93. The molecule has 2 rings (SSSR count). The van der Waals surface area contributed by atoms with Gasteiger partial charge in [0.2, 0.25) is 0 Å². The fourth-order valence-corrected chi connectivity index (χ4v) is 2.08. The number of hydrogen-bond donors (Lipinski definition) is 1. The van der Waals surface area contributed by atoms with Crippen LogP contribution < -0.4 is 4.90 Å². The summed E-state index contributed by atoms with van der Waals surface area (Å²) in [4.78, 5) is 34.0. The van der Waals surface area contributed by atoms with E-state index in [2.05, 4.69) is 31.4 Å². The predicted octanol–water partition coefficient (Wildman–Crippen LogP) is -0.0927. The summed E-state index contributed by atoms with van der Waals surface area (Å²) < 4.78 is 4.38. The molecule has 0 unspecified atom stereocenters. The van der Waals surface area contributed by atoms with Crippen LogP contribution in [0.4, 0.5) is 5.82 Å². The number of ether oxygens (including phenoxy) is 1. The number of nitrogens with one attached hydrogen (secondary N) is 1. The largest absolute Gasteiger partial charge is 0.463 e. The number of piperazine rings is 1. The second kappa shape index (κ2) is 5.83. The van der Waals surface area contributed by atoms with Gasteiger partial charge in [-0.1, -0.05) is 6.92 Å². The number of Topliss-reactive ketones (excluding diaryl/α,β-unsaturated/α-hetero) is 1. The number of rotatable bonds is 4. The lowest BCUT2D eigenvalue weighted by Gasteiger charge is -2.34. The SMILES string of the molecule is CCN1CCN(c2cnc(C(=O)C(=O)OC)[nH]2)CC1. The number of imidazole rings is 1. The van der Waals surface area contributed by atoms with Crippen LogP contribution in [0, 0.1) is 0 Å². The van der Waals surface area contributed by atoms with Gasteiger partial charge in [-0.15, -0.1) is 0 Å². The van der Waals surface area contributed by atoms with Crippen LogP contribution in [0.5, 0.6) is 0 Å². The number of carbonyl (C=O) groups is 2. The van der Waals surface area contributed by atoms with E-state index in [1.54, 1.807) is 6.20 Å². The molecule has 0 radical (unpaired) electrons. The van der Waals surface area contributed by atoms with Crippen LogP contribution in [-0.2, 0) is 9.53 Å². The van der Waals surface area contributed by atoms with Crippen LogP contribution >= 0.6 is 0 Å². The van der Waals surface area contributed by atoms with Gasteiger partial charge in [-0.25, -0.2) is 9.78 Å². The Kier molecular flexibility index (Phi) is 4.16. The van der Waals surface area contributed by atoms with Crippen LogP contribution in [0.15, 0.2) is 6.20 Å². The van der Waals surface area contributed by atoms with Crippen LogP contribution in [0.25, 0.3) is 0 Å². The lowest BCUT2D eigenvalue weighted by atomic mass is 10.3. The number of methoxy groups -OCH3 is 1. The summed E-state index contributed by atoms with van der Waals surface area (Å²) in [5.74, 6) is -0.861. The van der Waals surface area contributed by atoms with E-state index in [0.29, 0.717) is 0 Å². The number of H-pyrrole nitrogens is 1. The van der Waals surface area contributed by atoms with Crippen molar-refractivity contribution in [2.75, 3.05) is 44.7 Å². The molecule has 1 saturated heterocycles. The summed E-state index contributed by atoms with van der Waals surface area (Å²) in [5, 5.41) is 0. The summed E-state index contributed by atoms with van der Waals surface area (Å²) in [6, 6.07) is 0. The molecule has 1 aromatic heterocycles. The second-order valence-corrected chi connectivity index (χ2v) is 4.36. The fraction of sp³-hybridized carbons (Fsp3) is 0.583. The van der Waals surface area contributed by atoms with E-state index in [1.165, 1.54) is 7.11 Å². The Labute approximate surface area is 111 Å². The van der Waals surface area contributed by atoms with Gasteiger partial charge >= 0.3 is 11.8 Å². The van der Waals surface area contributed by atoms with Crippen molar-refractivity contribution in [1.29, 1.82) is 0 Å². The molecule has 0 saturated carbocycles. The average Bonchev–Trinajstić information content (AvgIpc) is 2.95. The molecule has 1 aliphatic rings. The van der Waals surface area contributed by atoms with E-state index in [-0.39, 0.29) is 5.82 Å². The zero-order valence-electron chi connectivity index (χ0n) is 11.2. The third-order valence-electron chi connectivity index (χ3n) is 3.31. The Morgan fingerprint density at radius 1 is 1.37 bits per heavy atom. The van der Waals surface area contributed by atoms with E-state index < -0.39 is 11.8 Å². The third-order valence-corrected chi connectivity index (χ3v) is 3.31. The highest BCUT2D eigenvalue weighted by Crippen LogP contribution is 2.14. The molecule has 0 spiro atoms. The van der Waals surface area contributed by atoms with Gasteiger partial charge in [0.15, 0.2) is 5.82 Å². The minimum absolute atomic E-state index is 0.0276. The first kappa shape index (κ1) is 13.5. The van der Waals surface area contributed by atoms with Gasteiger partial charge in [-0.05, 0) is 6.54 Å². The molecule has 0 aromatic carbocycles. The first-order valence-corrected chi connectivity index (χ1v) is 6.30. The number of esters is 1. The summed E-state index contributed by atoms with van der Waals surface area (Å²) in [6.07, 6.45) is 1.58. The Hall–Kier alpha value is -1.89. The minimum Gasteiger partial charge on any atom is -0.463 e. The van der Waals surface area contributed by atoms with Gasteiger partial charge < -0.3 is 19.5 Å². The van der Waals surface area contributed by atoms with E-state index in [9.17, 15) is 9.59 Å². The molecule has 1 N–H and O–H groups in total. The maximum atomic E-state index is 11.6. The van der Waals surface area contributed by atoms with Crippen molar-refractivity contribution in [3.63, 3.8) is 0 Å². The highest BCUT2D eigenvalue weighted by molar-refractivity contribution is 6.39. The topological polar surface area (TPSA) is 78.5 Å². The fourth-order valence-electron chi connectivity index (χ4n) is 2.08. The molecule has 2 heterocycles. The summed E-state index contributed by atoms with van der Waals surface area (Å²) in [6.45, 7) is 6.90. The van der Waals surface area contributed by atoms with Crippen molar-refractivity contribution in [2.24, 2.45) is 0 Å². The van der Waals surface area contributed by atoms with Crippen LogP contribution in [0.1, 0.15) is 17.5 Å². The Bertz CT molecular complexity index is 463. The Morgan fingerprint density at radius 2 is 2.05 bits per heavy atom. The maximum Gasteiger partial charge on any atom is 0.382 e. The predicted molar refractivity (Wildman–Crippen MR) is 69.3 cm³/mol. The van der Waals surface area contributed by atoms with Gasteiger partial charge in [0.05, 0.1) is 13.3 Å². The lowest BCUT2D eigenvalue weighted by molar-refractivity contribution is -0.135. The quantitative estimate of drug-likeness (QED) is 0.466. The molecule has 0 bridgehead atoms. The number of likely N-dealkylation sites (N-methyl/N-ethyl adjacent to an activating group) is 1. The molecule has 0 atom stereocenters. The number of ketones is 1. The molecule has 7 heteroatoms. The second-order valence-electron chi connectivity index (χ2n) is 4.36. The van der Waals surface area contributed by atoms with Crippen molar-refractivity contribution in [3.05, 3.63) is 12.0 Å². The number of aromatic amines is 1. The molecule has 7 nitrogen and oxygen atoms in total. The van der Waals surface area contributed by atoms with Crippen molar-refractivity contribution in [1.82, 2.24) is 14.9 Å². The van der Waals surface area contributed by atoms with Gasteiger partial charge in [-0.2, -0.15) is 0 Å². The van der Waals surface area contributed by atoms with Crippen molar-refractivity contribution >= 4 is 17.6 Å².